The van der Waals surface area contributed by atoms with E-state index >= 15 is 0 Å². The first kappa shape index (κ1) is 169. The Morgan fingerprint density at radius 1 is 0.429 bits per heavy atom. The largest absolute Gasteiger partial charge is 4.00 e. The van der Waals surface area contributed by atoms with Crippen LogP contribution in [0.25, 0.3) is 0 Å². The second kappa shape index (κ2) is 114. The van der Waals surface area contributed by atoms with Crippen molar-refractivity contribution in [2.24, 2.45) is 0 Å². The monoisotopic (exact) mass is 272 g/mol. The molecule has 0 radical (unpaired) electrons. The van der Waals surface area contributed by atoms with Gasteiger partial charge >= 0.3 is 21.1 Å². The summed E-state index contributed by atoms with van der Waals surface area (Å²) >= 11 is 0. The Kier molecular flexibility index (Phi) is 2750. The van der Waals surface area contributed by atoms with Gasteiger partial charge in [0.1, 0.15) is 0 Å². The smallest absolute Gasteiger partial charge is 1.00 e. The first-order chi connectivity index (χ1) is 0. The first-order valence-corrected chi connectivity index (χ1v) is 0. The van der Waals surface area contributed by atoms with Crippen molar-refractivity contribution in [2.45, 2.75) is 0 Å². The van der Waals surface area contributed by atoms with Gasteiger partial charge in [0.15, 0.2) is 0 Å². The van der Waals surface area contributed by atoms with Crippen molar-refractivity contribution in [3.63, 3.8) is 0 Å². The van der Waals surface area contributed by atoms with Crippen molar-refractivity contribution in [3.8, 4) is 0 Å². The van der Waals surface area contributed by atoms with E-state index in [2.05, 4.69) is 0 Å². The zero-order valence-corrected chi connectivity index (χ0v) is 8.37. The van der Waals surface area contributed by atoms with Crippen LogP contribution in [0, 0.1) is 0 Å². The van der Waals surface area contributed by atoms with E-state index in [-0.39, 0.29) is 83.0 Å². The van der Waals surface area contributed by atoms with E-state index in [1.165, 1.54) is 0 Å². The molecule has 0 rings (SSSR count). The molecule has 0 heterocycles. The minimum Gasteiger partial charge on any atom is -1.00 e. The molecule has 7 heteroatoms. The number of hydrogen-bond acceptors (Lipinski definition) is 2. The van der Waals surface area contributed by atoms with Crippen molar-refractivity contribution in [2.75, 3.05) is 0 Å². The predicted molar refractivity (Wildman–Crippen MR) is 10.0 cm³/mol. The zero-order valence-electron chi connectivity index (χ0n) is 3.33. The molecular weight excluding hydrogens is 266 g/mol. The third-order valence-corrected chi connectivity index (χ3v) is 0. The van der Waals surface area contributed by atoms with Crippen molar-refractivity contribution < 1.29 is 70.7 Å². The van der Waals surface area contributed by atoms with Crippen LogP contribution in [0.2, 0.25) is 0 Å². The molecule has 0 aliphatic rings. The van der Waals surface area contributed by atoms with Crippen molar-refractivity contribution in [3.05, 3.63) is 0 Å². The van der Waals surface area contributed by atoms with Gasteiger partial charge in [-0.25, -0.2) is 0 Å². The van der Waals surface area contributed by atoms with Gasteiger partial charge in [-0.1, -0.05) is 0 Å². The molecule has 0 unspecified atom stereocenters. The van der Waals surface area contributed by atoms with Gasteiger partial charge < -0.3 is 61.9 Å². The average molecular weight is 272 g/mol. The standard InChI is InChI=1S/4ClH.Mo.2H3N/h4*1H;;2*1H3/q;;;;+4;;/p-4. The minimum absolute atomic E-state index is 0. The fourth-order valence-corrected chi connectivity index (χ4v) is 0. The molecule has 50 valence electrons. The van der Waals surface area contributed by atoms with Crippen LogP contribution in [-0.2, 0) is 21.1 Å². The minimum atomic E-state index is 0. The average Bonchev–Trinajstić information content (AvgIpc) is 0. The normalized spacial score (nSPS) is 0. The maximum atomic E-state index is 0. The Hall–Kier alpha value is 1.77. The Bertz CT molecular complexity index is 9.65. The molecule has 7 heavy (non-hydrogen) atoms. The molecule has 0 saturated heterocycles. The van der Waals surface area contributed by atoms with Gasteiger partial charge in [0.25, 0.3) is 0 Å². The summed E-state index contributed by atoms with van der Waals surface area (Å²) in [6, 6.07) is 0. The van der Waals surface area contributed by atoms with Crippen LogP contribution in [0.1, 0.15) is 0 Å². The molecule has 0 bridgehead atoms. The van der Waals surface area contributed by atoms with Crippen LogP contribution < -0.4 is 61.9 Å². The van der Waals surface area contributed by atoms with Crippen molar-refractivity contribution >= 4 is 0 Å². The summed E-state index contributed by atoms with van der Waals surface area (Å²) in [5, 5.41) is 0. The van der Waals surface area contributed by atoms with Crippen LogP contribution in [0.15, 0.2) is 0 Å². The van der Waals surface area contributed by atoms with Gasteiger partial charge in [-0.3, -0.25) is 0 Å². The molecule has 0 aromatic rings. The van der Waals surface area contributed by atoms with Gasteiger partial charge in [0.2, 0.25) is 0 Å². The van der Waals surface area contributed by atoms with Crippen LogP contribution in [0.4, 0.5) is 0 Å². The van der Waals surface area contributed by atoms with E-state index in [4.69, 9.17) is 0 Å². The van der Waals surface area contributed by atoms with Gasteiger partial charge in [-0.15, -0.1) is 0 Å². The summed E-state index contributed by atoms with van der Waals surface area (Å²) in [7, 11) is 0. The molecule has 0 aliphatic carbocycles. The number of rotatable bonds is 0. The second-order valence-electron chi connectivity index (χ2n) is 0. The Balaban J connectivity index is 0. The maximum absolute atomic E-state index is 0. The Morgan fingerprint density at radius 2 is 0.429 bits per heavy atom. The Morgan fingerprint density at radius 3 is 0.429 bits per heavy atom. The molecule has 0 atom stereocenters. The topological polar surface area (TPSA) is 70.0 Å². The van der Waals surface area contributed by atoms with Crippen LogP contribution in [-0.4, -0.2) is 0 Å². The van der Waals surface area contributed by atoms with Gasteiger partial charge in [-0.2, -0.15) is 0 Å². The van der Waals surface area contributed by atoms with Gasteiger partial charge in [0.05, 0.1) is 0 Å². The van der Waals surface area contributed by atoms with E-state index < -0.39 is 0 Å². The quantitative estimate of drug-likeness (QED) is 0.430. The predicted octanol–water partition coefficient (Wildman–Crippen LogP) is -11.7. The summed E-state index contributed by atoms with van der Waals surface area (Å²) < 4.78 is 0. The van der Waals surface area contributed by atoms with E-state index in [0.29, 0.717) is 0 Å². The third-order valence-electron chi connectivity index (χ3n) is 0. The van der Waals surface area contributed by atoms with E-state index in [0.717, 1.165) is 0 Å². The molecule has 0 saturated carbocycles. The summed E-state index contributed by atoms with van der Waals surface area (Å²) in [6.07, 6.45) is 0. The van der Waals surface area contributed by atoms with Gasteiger partial charge in [-0.05, 0) is 0 Å². The van der Waals surface area contributed by atoms with Crippen LogP contribution in [0.3, 0.4) is 0 Å². The molecule has 2 nitrogen and oxygen atoms in total. The summed E-state index contributed by atoms with van der Waals surface area (Å²) in [6.45, 7) is 0. The van der Waals surface area contributed by atoms with Crippen molar-refractivity contribution in [1.82, 2.24) is 12.3 Å². The molecule has 6 N–H and O–H groups in total. The molecule has 0 aromatic carbocycles. The fourth-order valence-electron chi connectivity index (χ4n) is 0. The van der Waals surface area contributed by atoms with E-state index in [9.17, 15) is 0 Å². The van der Waals surface area contributed by atoms with Crippen molar-refractivity contribution in [1.29, 1.82) is 0 Å². The zero-order chi connectivity index (χ0) is 0. The molecule has 0 amide bonds. The molecular formula is H6Cl4MoN2. The maximum Gasteiger partial charge on any atom is 4.00 e. The summed E-state index contributed by atoms with van der Waals surface area (Å²) in [5.74, 6) is 0. The molecule has 0 spiro atoms. The summed E-state index contributed by atoms with van der Waals surface area (Å²) in [5.41, 5.74) is 0. The Labute approximate surface area is 82.6 Å². The number of hydrogen-bond donors (Lipinski definition) is 2. The number of halogens is 4. The first-order valence-electron chi connectivity index (χ1n) is 0. The third kappa shape index (κ3) is 82.7. The van der Waals surface area contributed by atoms with Crippen LogP contribution in [0.5, 0.6) is 0 Å². The fraction of sp³-hybridized carbons (Fsp3) is 0. The molecule has 0 aliphatic heterocycles. The van der Waals surface area contributed by atoms with E-state index in [1.54, 1.807) is 0 Å². The van der Waals surface area contributed by atoms with E-state index in [1.807, 2.05) is 0 Å². The van der Waals surface area contributed by atoms with Gasteiger partial charge in [0, 0.05) is 0 Å². The molecule has 0 aromatic heterocycles. The second-order valence-corrected chi connectivity index (χ2v) is 0. The molecule has 0 fully saturated rings. The SMILES string of the molecule is N.N.[Cl-].[Cl-].[Cl-].[Cl-].[Mo+4]. The van der Waals surface area contributed by atoms with Crippen LogP contribution >= 0.6 is 0 Å². The summed E-state index contributed by atoms with van der Waals surface area (Å²) in [4.78, 5) is 0.